The Bertz CT molecular complexity index is 211. The van der Waals surface area contributed by atoms with Gasteiger partial charge < -0.3 is 19.6 Å². The van der Waals surface area contributed by atoms with Gasteiger partial charge in [0, 0.05) is 0 Å². The molecule has 1 atom stereocenters. The molecule has 4 nitrogen and oxygen atoms in total. The summed E-state index contributed by atoms with van der Waals surface area (Å²) in [7, 11) is 1.91. The Kier molecular flexibility index (Phi) is 4.53. The molecule has 0 fully saturated rings. The zero-order chi connectivity index (χ0) is 9.52. The van der Waals surface area contributed by atoms with E-state index < -0.39 is 6.10 Å². The van der Waals surface area contributed by atoms with Crippen LogP contribution in [0, 0.1) is 0 Å². The fraction of sp³-hybridized carbons (Fsp3) is 0.556. The molecule has 0 saturated carbocycles. The predicted octanol–water partition coefficient (Wildman–Crippen LogP) is -0.650. The van der Waals surface area contributed by atoms with Gasteiger partial charge >= 0.3 is 0 Å². The van der Waals surface area contributed by atoms with E-state index in [4.69, 9.17) is 9.15 Å². The van der Waals surface area contributed by atoms with Crippen molar-refractivity contribution < 1.29 is 19.6 Å². The quantitative estimate of drug-likeness (QED) is 0.620. The molecule has 1 rings (SSSR count). The topological polar surface area (TPSA) is 59.2 Å². The molecular weight excluding hydrogens is 170 g/mol. The van der Waals surface area contributed by atoms with Gasteiger partial charge in [-0.15, -0.1) is 0 Å². The molecule has 1 heterocycles. The molecule has 1 aromatic rings. The monoisotopic (exact) mass is 186 g/mol. The van der Waals surface area contributed by atoms with Crippen molar-refractivity contribution in [3.8, 4) is 0 Å². The first-order valence-corrected chi connectivity index (χ1v) is 4.39. The zero-order valence-electron chi connectivity index (χ0n) is 7.77. The summed E-state index contributed by atoms with van der Waals surface area (Å²) in [5.74, 6) is 0.785. The van der Waals surface area contributed by atoms with Crippen LogP contribution in [0.1, 0.15) is 5.76 Å². The number of aliphatic hydroxyl groups excluding tert-OH is 1. The number of quaternary nitrogens is 1. The number of ether oxygens (including phenoxy) is 1. The van der Waals surface area contributed by atoms with E-state index in [0.717, 1.165) is 5.76 Å². The van der Waals surface area contributed by atoms with Gasteiger partial charge in [0.1, 0.15) is 25.0 Å². The van der Waals surface area contributed by atoms with Crippen LogP contribution in [-0.4, -0.2) is 31.4 Å². The fourth-order valence-corrected chi connectivity index (χ4v) is 1.03. The van der Waals surface area contributed by atoms with Crippen molar-refractivity contribution in [3.63, 3.8) is 0 Å². The summed E-state index contributed by atoms with van der Waals surface area (Å²) >= 11 is 0. The lowest BCUT2D eigenvalue weighted by molar-refractivity contribution is -0.634. The highest BCUT2D eigenvalue weighted by Gasteiger charge is 2.05. The van der Waals surface area contributed by atoms with Gasteiger partial charge in [-0.2, -0.15) is 0 Å². The Morgan fingerprint density at radius 3 is 3.15 bits per heavy atom. The van der Waals surface area contributed by atoms with E-state index in [0.29, 0.717) is 19.8 Å². The predicted molar refractivity (Wildman–Crippen MR) is 47.1 cm³/mol. The highest BCUT2D eigenvalue weighted by atomic mass is 16.5. The van der Waals surface area contributed by atoms with Crippen molar-refractivity contribution in [1.82, 2.24) is 0 Å². The molecule has 0 aliphatic rings. The second-order valence-electron chi connectivity index (χ2n) is 2.89. The summed E-state index contributed by atoms with van der Waals surface area (Å²) in [5.41, 5.74) is 0. The number of hydrogen-bond donors (Lipinski definition) is 2. The molecule has 0 amide bonds. The van der Waals surface area contributed by atoms with Gasteiger partial charge in [-0.05, 0) is 12.1 Å². The Morgan fingerprint density at radius 1 is 1.69 bits per heavy atom. The van der Waals surface area contributed by atoms with E-state index in [1.54, 1.807) is 6.26 Å². The van der Waals surface area contributed by atoms with E-state index >= 15 is 0 Å². The van der Waals surface area contributed by atoms with Gasteiger partial charge in [0.15, 0.2) is 0 Å². The Balaban J connectivity index is 2.07. The third-order valence-electron chi connectivity index (χ3n) is 1.64. The fourth-order valence-electron chi connectivity index (χ4n) is 1.03. The Labute approximate surface area is 77.5 Å². The second-order valence-corrected chi connectivity index (χ2v) is 2.89. The van der Waals surface area contributed by atoms with Gasteiger partial charge in [0.05, 0.1) is 19.9 Å². The first kappa shape index (κ1) is 10.2. The maximum atomic E-state index is 9.29. The highest BCUT2D eigenvalue weighted by Crippen LogP contribution is 2.01. The number of hydrogen-bond acceptors (Lipinski definition) is 3. The van der Waals surface area contributed by atoms with Crippen LogP contribution in [0.4, 0.5) is 0 Å². The first-order chi connectivity index (χ1) is 6.33. The molecule has 0 aromatic carbocycles. The van der Waals surface area contributed by atoms with E-state index in [-0.39, 0.29) is 0 Å². The van der Waals surface area contributed by atoms with Crippen molar-refractivity contribution in [2.45, 2.75) is 12.7 Å². The number of nitrogens with two attached hydrogens (primary N) is 1. The Morgan fingerprint density at radius 2 is 2.54 bits per heavy atom. The Hall–Kier alpha value is -0.840. The molecule has 4 heteroatoms. The van der Waals surface area contributed by atoms with Gasteiger partial charge in [0.2, 0.25) is 0 Å². The molecule has 13 heavy (non-hydrogen) atoms. The van der Waals surface area contributed by atoms with Gasteiger partial charge in [0.25, 0.3) is 0 Å². The van der Waals surface area contributed by atoms with E-state index in [2.05, 4.69) is 0 Å². The third kappa shape index (κ3) is 4.07. The molecule has 0 spiro atoms. The largest absolute Gasteiger partial charge is 0.467 e. The average molecular weight is 186 g/mol. The number of aliphatic hydroxyl groups is 1. The summed E-state index contributed by atoms with van der Waals surface area (Å²) in [4.78, 5) is 0. The summed E-state index contributed by atoms with van der Waals surface area (Å²) in [6.07, 6.45) is 1.20. The van der Waals surface area contributed by atoms with Crippen molar-refractivity contribution >= 4 is 0 Å². The standard InChI is InChI=1S/C9H15NO3/c1-10-5-8(11)6-12-7-9-3-2-4-13-9/h2-4,8,10-11H,5-7H2,1H3/p+1/t8-/m1/s1. The van der Waals surface area contributed by atoms with Gasteiger partial charge in [-0.3, -0.25) is 0 Å². The third-order valence-corrected chi connectivity index (χ3v) is 1.64. The van der Waals surface area contributed by atoms with Crippen LogP contribution < -0.4 is 5.32 Å². The van der Waals surface area contributed by atoms with Crippen LogP contribution in [0.3, 0.4) is 0 Å². The van der Waals surface area contributed by atoms with Crippen LogP contribution in [-0.2, 0) is 11.3 Å². The molecule has 0 radical (unpaired) electrons. The van der Waals surface area contributed by atoms with Crippen LogP contribution in [0.2, 0.25) is 0 Å². The normalized spacial score (nSPS) is 13.1. The number of rotatable bonds is 6. The minimum atomic E-state index is -0.403. The first-order valence-electron chi connectivity index (χ1n) is 4.39. The average Bonchev–Trinajstić information content (AvgIpc) is 2.57. The smallest absolute Gasteiger partial charge is 0.129 e. The minimum absolute atomic E-state index is 0.352. The molecule has 0 unspecified atom stereocenters. The summed E-state index contributed by atoms with van der Waals surface area (Å²) in [6, 6.07) is 3.66. The number of furan rings is 1. The second kappa shape index (κ2) is 5.75. The molecular formula is C9H16NO3+. The van der Waals surface area contributed by atoms with E-state index in [9.17, 15) is 5.11 Å². The molecule has 0 aliphatic heterocycles. The van der Waals surface area contributed by atoms with E-state index in [1.165, 1.54) is 0 Å². The SMILES string of the molecule is C[NH2+]C[C@@H](O)COCc1ccco1. The van der Waals surface area contributed by atoms with Crippen molar-refractivity contribution in [2.75, 3.05) is 20.2 Å². The van der Waals surface area contributed by atoms with Crippen molar-refractivity contribution in [3.05, 3.63) is 24.2 Å². The zero-order valence-corrected chi connectivity index (χ0v) is 7.77. The lowest BCUT2D eigenvalue weighted by Gasteiger charge is -2.07. The summed E-state index contributed by atoms with van der Waals surface area (Å²) in [5, 5.41) is 11.2. The lowest BCUT2D eigenvalue weighted by Crippen LogP contribution is -2.82. The molecule has 0 bridgehead atoms. The van der Waals surface area contributed by atoms with Gasteiger partial charge in [-0.1, -0.05) is 0 Å². The van der Waals surface area contributed by atoms with E-state index in [1.807, 2.05) is 24.5 Å². The van der Waals surface area contributed by atoms with Crippen LogP contribution in [0.25, 0.3) is 0 Å². The van der Waals surface area contributed by atoms with Crippen molar-refractivity contribution in [2.24, 2.45) is 0 Å². The molecule has 3 N–H and O–H groups in total. The molecule has 74 valence electrons. The minimum Gasteiger partial charge on any atom is -0.467 e. The summed E-state index contributed by atoms with van der Waals surface area (Å²) in [6.45, 7) is 1.44. The lowest BCUT2D eigenvalue weighted by atomic mass is 10.4. The maximum Gasteiger partial charge on any atom is 0.129 e. The maximum absolute atomic E-state index is 9.29. The highest BCUT2D eigenvalue weighted by molar-refractivity contribution is 4.95. The number of likely N-dealkylation sites (N-methyl/N-ethyl adjacent to an activating group) is 1. The summed E-state index contributed by atoms with van der Waals surface area (Å²) < 4.78 is 10.3. The molecule has 1 aromatic heterocycles. The molecule has 0 aliphatic carbocycles. The van der Waals surface area contributed by atoms with Crippen LogP contribution >= 0.6 is 0 Å². The van der Waals surface area contributed by atoms with Crippen LogP contribution in [0.5, 0.6) is 0 Å². The van der Waals surface area contributed by atoms with Crippen LogP contribution in [0.15, 0.2) is 22.8 Å². The van der Waals surface area contributed by atoms with Crippen molar-refractivity contribution in [1.29, 1.82) is 0 Å². The van der Waals surface area contributed by atoms with Gasteiger partial charge in [-0.25, -0.2) is 0 Å². The molecule has 0 saturated heterocycles.